The smallest absolute Gasteiger partial charge is 0.399 e. The Labute approximate surface area is 114 Å². The number of hydrogen-bond acceptors (Lipinski definition) is 7. The number of rotatable bonds is 2. The molecule has 3 atom stereocenters. The highest BCUT2D eigenvalue weighted by molar-refractivity contribution is 6.31. The molecule has 1 aromatic rings. The Morgan fingerprint density at radius 2 is 2.15 bits per heavy atom. The molecule has 3 saturated heterocycles. The van der Waals surface area contributed by atoms with Crippen LogP contribution in [0.5, 0.6) is 0 Å². The number of carbonyl (C=O) groups is 2. The Morgan fingerprint density at radius 3 is 2.80 bits per heavy atom. The Kier molecular flexibility index (Phi) is 2.24. The van der Waals surface area contributed by atoms with Gasteiger partial charge in [-0.25, -0.2) is 14.5 Å². The number of hydrogen-bond donors (Lipinski definition) is 0. The molecule has 1 aromatic heterocycles. The normalized spacial score (nSPS) is 33.8. The molecule has 2 bridgehead atoms. The summed E-state index contributed by atoms with van der Waals surface area (Å²) in [5.74, 6) is -3.15. The van der Waals surface area contributed by atoms with Gasteiger partial charge in [0, 0.05) is 25.8 Å². The van der Waals surface area contributed by atoms with Crippen LogP contribution in [0.1, 0.15) is 25.0 Å². The third-order valence-electron chi connectivity index (χ3n) is 4.37. The van der Waals surface area contributed by atoms with Gasteiger partial charge >= 0.3 is 17.8 Å². The summed E-state index contributed by atoms with van der Waals surface area (Å²) in [4.78, 5) is 24.9. The zero-order valence-electron chi connectivity index (χ0n) is 11.0. The Hall–Kier alpha value is -1.96. The van der Waals surface area contributed by atoms with Crippen molar-refractivity contribution in [1.29, 1.82) is 0 Å². The first-order valence-electron chi connectivity index (χ1n) is 6.75. The van der Waals surface area contributed by atoms with Crippen molar-refractivity contribution in [2.24, 2.45) is 5.92 Å². The van der Waals surface area contributed by atoms with E-state index >= 15 is 0 Å². The molecule has 0 N–H and O–H groups in total. The number of ether oxygens (including phenoxy) is 2. The Balaban J connectivity index is 1.76. The van der Waals surface area contributed by atoms with E-state index in [9.17, 15) is 9.59 Å². The van der Waals surface area contributed by atoms with Crippen LogP contribution in [0.4, 0.5) is 0 Å². The fourth-order valence-electron chi connectivity index (χ4n) is 3.50. The molecule has 3 fully saturated rings. The summed E-state index contributed by atoms with van der Waals surface area (Å²) in [5.41, 5.74) is 0.710. The van der Waals surface area contributed by atoms with E-state index in [1.807, 2.05) is 18.0 Å². The van der Waals surface area contributed by atoms with Gasteiger partial charge in [0.05, 0.1) is 5.69 Å². The van der Waals surface area contributed by atoms with Crippen LogP contribution in [0.25, 0.3) is 0 Å². The predicted molar refractivity (Wildman–Crippen MR) is 63.0 cm³/mol. The number of aromatic nitrogens is 3. The second-order valence-corrected chi connectivity index (χ2v) is 5.38. The molecule has 8 heteroatoms. The molecule has 3 aliphatic heterocycles. The molecule has 8 nitrogen and oxygen atoms in total. The number of piperidine rings is 1. The zero-order chi connectivity index (χ0) is 13.9. The van der Waals surface area contributed by atoms with Gasteiger partial charge in [0.15, 0.2) is 0 Å². The fourth-order valence-corrected chi connectivity index (χ4v) is 3.50. The summed E-state index contributed by atoms with van der Waals surface area (Å²) in [6, 6.07) is 0. The van der Waals surface area contributed by atoms with E-state index in [-0.39, 0.29) is 11.8 Å². The fraction of sp³-hybridized carbons (Fsp3) is 0.667. The van der Waals surface area contributed by atoms with Crippen LogP contribution in [-0.2, 0) is 25.6 Å². The maximum Gasteiger partial charge on any atom is 0.421 e. The van der Waals surface area contributed by atoms with Crippen LogP contribution in [0.2, 0.25) is 0 Å². The summed E-state index contributed by atoms with van der Waals surface area (Å²) in [7, 11) is 0. The first-order chi connectivity index (χ1) is 9.64. The Bertz CT molecular complexity index is 582. The van der Waals surface area contributed by atoms with Crippen LogP contribution in [-0.4, -0.2) is 50.8 Å². The van der Waals surface area contributed by atoms with E-state index in [2.05, 4.69) is 10.3 Å². The number of carbonyl (C=O) groups excluding carboxylic acids is 2. The number of nitrogens with zero attached hydrogens (tertiary/aromatic N) is 4. The van der Waals surface area contributed by atoms with Gasteiger partial charge in [-0.15, -0.1) is 5.10 Å². The minimum atomic E-state index is -1.30. The third kappa shape index (κ3) is 1.34. The van der Waals surface area contributed by atoms with Crippen molar-refractivity contribution in [3.8, 4) is 0 Å². The maximum absolute atomic E-state index is 11.5. The van der Waals surface area contributed by atoms with Crippen LogP contribution in [0, 0.1) is 5.92 Å². The van der Waals surface area contributed by atoms with E-state index in [0.29, 0.717) is 12.2 Å². The van der Waals surface area contributed by atoms with Gasteiger partial charge in [0.1, 0.15) is 5.92 Å². The molecule has 3 aliphatic rings. The van der Waals surface area contributed by atoms with Crippen LogP contribution < -0.4 is 0 Å². The van der Waals surface area contributed by atoms with Crippen LogP contribution in [0.15, 0.2) is 6.20 Å². The minimum Gasteiger partial charge on any atom is -0.399 e. The monoisotopic (exact) mass is 278 g/mol. The van der Waals surface area contributed by atoms with Crippen LogP contribution in [0.3, 0.4) is 0 Å². The largest absolute Gasteiger partial charge is 0.421 e. The van der Waals surface area contributed by atoms with Gasteiger partial charge in [0.2, 0.25) is 0 Å². The maximum atomic E-state index is 11.5. The third-order valence-corrected chi connectivity index (χ3v) is 4.37. The van der Waals surface area contributed by atoms with E-state index in [1.165, 1.54) is 0 Å². The molecule has 1 spiro atoms. The minimum absolute atomic E-state index is 0.257. The quantitative estimate of drug-likeness (QED) is 0.531. The van der Waals surface area contributed by atoms with Crippen molar-refractivity contribution in [3.63, 3.8) is 0 Å². The van der Waals surface area contributed by atoms with Gasteiger partial charge in [-0.2, -0.15) is 0 Å². The second kappa shape index (κ2) is 3.78. The SMILES string of the molecule is CCn1cc(C2C3CCN(C3)C23OC(=O)C(=O)O3)nn1. The standard InChI is InChI=1S/C12H14N4O4/c1-2-16-6-8(13-14-16)9-7-3-4-15(5-7)12(9)19-10(17)11(18)20-12/h6-7,9H,2-5H2,1H3. The molecular weight excluding hydrogens is 264 g/mol. The molecule has 0 aliphatic carbocycles. The molecule has 0 amide bonds. The van der Waals surface area contributed by atoms with Gasteiger partial charge in [-0.05, 0) is 19.3 Å². The van der Waals surface area contributed by atoms with Gasteiger partial charge in [0.25, 0.3) is 0 Å². The lowest BCUT2D eigenvalue weighted by Gasteiger charge is -2.36. The highest BCUT2D eigenvalue weighted by atomic mass is 16.8. The van der Waals surface area contributed by atoms with Gasteiger partial charge in [-0.1, -0.05) is 5.21 Å². The Morgan fingerprint density at radius 1 is 1.40 bits per heavy atom. The van der Waals surface area contributed by atoms with Gasteiger partial charge < -0.3 is 9.47 Å². The van der Waals surface area contributed by atoms with Gasteiger partial charge in [-0.3, -0.25) is 4.68 Å². The van der Waals surface area contributed by atoms with Crippen molar-refractivity contribution in [3.05, 3.63) is 11.9 Å². The van der Waals surface area contributed by atoms with E-state index in [0.717, 1.165) is 19.5 Å². The predicted octanol–water partition coefficient (Wildman–Crippen LogP) is -0.529. The molecule has 0 saturated carbocycles. The van der Waals surface area contributed by atoms with Crippen molar-refractivity contribution in [2.45, 2.75) is 31.7 Å². The van der Waals surface area contributed by atoms with Crippen molar-refractivity contribution < 1.29 is 19.1 Å². The summed E-state index contributed by atoms with van der Waals surface area (Å²) >= 11 is 0. The lowest BCUT2D eigenvalue weighted by Crippen LogP contribution is -2.50. The van der Waals surface area contributed by atoms with E-state index < -0.39 is 17.8 Å². The average molecular weight is 278 g/mol. The topological polar surface area (TPSA) is 86.5 Å². The van der Waals surface area contributed by atoms with Crippen molar-refractivity contribution >= 4 is 11.9 Å². The highest BCUT2D eigenvalue weighted by Crippen LogP contribution is 2.53. The summed E-state index contributed by atoms with van der Waals surface area (Å²) < 4.78 is 12.3. The first-order valence-corrected chi connectivity index (χ1v) is 6.75. The number of esters is 2. The molecule has 106 valence electrons. The molecule has 0 aromatic carbocycles. The lowest BCUT2D eigenvalue weighted by atomic mass is 9.87. The van der Waals surface area contributed by atoms with Crippen molar-refractivity contribution in [1.82, 2.24) is 19.9 Å². The highest BCUT2D eigenvalue weighted by Gasteiger charge is 2.68. The van der Waals surface area contributed by atoms with E-state index in [1.54, 1.807) is 4.68 Å². The summed E-state index contributed by atoms with van der Waals surface area (Å²) in [5, 5.41) is 8.18. The summed E-state index contributed by atoms with van der Waals surface area (Å²) in [6.45, 7) is 4.17. The molecule has 3 unspecified atom stereocenters. The zero-order valence-corrected chi connectivity index (χ0v) is 11.0. The molecular formula is C12H14N4O4. The van der Waals surface area contributed by atoms with E-state index in [4.69, 9.17) is 9.47 Å². The number of aryl methyl sites for hydroxylation is 1. The molecule has 4 heterocycles. The van der Waals surface area contributed by atoms with Crippen LogP contribution >= 0.6 is 0 Å². The summed E-state index contributed by atoms with van der Waals surface area (Å²) in [6.07, 6.45) is 2.80. The van der Waals surface area contributed by atoms with Crippen molar-refractivity contribution in [2.75, 3.05) is 13.1 Å². The molecule has 0 radical (unpaired) electrons. The number of fused-ring (bicyclic) bond motifs is 3. The molecule has 20 heavy (non-hydrogen) atoms. The second-order valence-electron chi connectivity index (χ2n) is 5.38. The molecule has 4 rings (SSSR count). The average Bonchev–Trinajstić information content (AvgIpc) is 3.15. The first kappa shape index (κ1) is 11.8. The lowest BCUT2D eigenvalue weighted by molar-refractivity contribution is -0.248.